The van der Waals surface area contributed by atoms with Crippen molar-refractivity contribution in [2.45, 2.75) is 61.3 Å². The van der Waals surface area contributed by atoms with Crippen LogP contribution in [0.5, 0.6) is 0 Å². The Balaban J connectivity index is 0. The van der Waals surface area contributed by atoms with Crippen molar-refractivity contribution in [3.63, 3.8) is 0 Å². The van der Waals surface area contributed by atoms with Gasteiger partial charge in [-0.3, -0.25) is 14.2 Å². The van der Waals surface area contributed by atoms with Crippen LogP contribution in [-0.2, 0) is 0 Å². The van der Waals surface area contributed by atoms with Gasteiger partial charge in [0.05, 0.1) is 40.8 Å². The molecule has 0 saturated carbocycles. The van der Waals surface area contributed by atoms with Crippen LogP contribution in [0.4, 0.5) is 0 Å². The molecule has 0 amide bonds. The van der Waals surface area contributed by atoms with E-state index in [4.69, 9.17) is 22.8 Å². The molecule has 48 heavy (non-hydrogen) atoms. The summed E-state index contributed by atoms with van der Waals surface area (Å²) in [5, 5.41) is 25.1. The van der Waals surface area contributed by atoms with Crippen LogP contribution in [0.3, 0.4) is 0 Å². The fourth-order valence-corrected chi connectivity index (χ4v) is 5.00. The van der Waals surface area contributed by atoms with Crippen molar-refractivity contribution in [1.29, 1.82) is 15.8 Å². The van der Waals surface area contributed by atoms with Crippen molar-refractivity contribution in [2.24, 2.45) is 5.73 Å². The zero-order chi connectivity index (χ0) is 35.6. The molecule has 1 aromatic heterocycles. The minimum atomic E-state index is -0.577. The van der Waals surface area contributed by atoms with E-state index >= 15 is 0 Å². The Labute approximate surface area is 289 Å². The largest absolute Gasteiger partial charge is 0.394 e. The van der Waals surface area contributed by atoms with Crippen molar-refractivity contribution in [1.82, 2.24) is 4.57 Å². The molecule has 9 heteroatoms. The van der Waals surface area contributed by atoms with Gasteiger partial charge in [-0.1, -0.05) is 140 Å². The second kappa shape index (κ2) is 26.2. The first-order valence-electron chi connectivity index (χ1n) is 15.1. The number of rotatable bonds is 3. The maximum Gasteiger partial charge on any atom is 0.273 e. The molecule has 0 fully saturated rings. The number of hydrogen-bond acceptors (Lipinski definition) is 7. The summed E-state index contributed by atoms with van der Waals surface area (Å²) in [7, 11) is 0. The molecule has 0 bridgehead atoms. The van der Waals surface area contributed by atoms with E-state index in [0.717, 1.165) is 23.0 Å². The van der Waals surface area contributed by atoms with E-state index in [1.807, 2.05) is 120 Å². The minimum Gasteiger partial charge on any atom is -0.394 e. The third kappa shape index (κ3) is 12.4. The molecule has 0 radical (unpaired) electrons. The lowest BCUT2D eigenvalue weighted by Crippen LogP contribution is -2.38. The summed E-state index contributed by atoms with van der Waals surface area (Å²) in [6.45, 7) is 19.6. The van der Waals surface area contributed by atoms with E-state index < -0.39 is 5.92 Å². The molecule has 2 N–H and O–H groups in total. The summed E-state index contributed by atoms with van der Waals surface area (Å²) >= 11 is 1.22. The van der Waals surface area contributed by atoms with Gasteiger partial charge in [-0.05, 0) is 17.2 Å². The molecule has 1 aliphatic rings. The third-order valence-electron chi connectivity index (χ3n) is 5.68. The Morgan fingerprint density at radius 2 is 1.29 bits per heavy atom. The fraction of sp³-hybridized carbons (Fsp3) is 0.231. The van der Waals surface area contributed by atoms with Crippen LogP contribution in [0.25, 0.3) is 22.3 Å². The second-order valence-corrected chi connectivity index (χ2v) is 9.27. The van der Waals surface area contributed by atoms with Gasteiger partial charge in [0.2, 0.25) is 5.70 Å². The van der Waals surface area contributed by atoms with Gasteiger partial charge in [0, 0.05) is 5.56 Å². The number of hydrogen-bond donors (Lipinski definition) is 1. The first kappa shape index (κ1) is 44.1. The minimum absolute atomic E-state index is 0. The summed E-state index contributed by atoms with van der Waals surface area (Å²) in [4.78, 5) is 26.6. The van der Waals surface area contributed by atoms with Crippen LogP contribution in [0, 0.1) is 40.6 Å². The number of thiazole rings is 1. The Kier molecular flexibility index (Phi) is 24.1. The normalized spacial score (nSPS) is 11.8. The molecule has 0 aliphatic carbocycles. The molecule has 5 rings (SSSR count). The van der Waals surface area contributed by atoms with Crippen LogP contribution in [-0.4, -0.2) is 10.9 Å². The highest BCUT2D eigenvalue weighted by Gasteiger charge is 2.32. The average Bonchev–Trinajstić information content (AvgIpc) is 3.47. The van der Waals surface area contributed by atoms with Gasteiger partial charge in [0.1, 0.15) is 23.2 Å². The van der Waals surface area contributed by atoms with Crippen LogP contribution < -0.4 is 20.5 Å². The van der Waals surface area contributed by atoms with E-state index in [-0.39, 0.29) is 30.9 Å². The molecule has 4 aromatic rings. The fourth-order valence-electron chi connectivity index (χ4n) is 3.88. The van der Waals surface area contributed by atoms with E-state index in [9.17, 15) is 14.9 Å². The number of nitriles is 3. The Bertz CT molecular complexity index is 1890. The van der Waals surface area contributed by atoms with E-state index in [1.54, 1.807) is 30.3 Å². The number of aromatic nitrogens is 1. The molecule has 0 spiro atoms. The standard InChI is InChI=1S/C22H14N4OS.C7H6O.C3H2N2.3C2H6.CH4/c1-25-19-18(15-10-6-3-7-11-15)16(13-23)22-26(20(19)24)21(27)17(28-22)12-14-8-4-2-5-9-14;8-6-7-4-2-1-3-5-7;4-2-1-3-5;3*1-2;/h2-12,18H,24H2;1-6H;1H2;3*1-2H3;1H4/b17-12-;;;;;;. The van der Waals surface area contributed by atoms with Crippen LogP contribution in [0.1, 0.15) is 82.8 Å². The van der Waals surface area contributed by atoms with Gasteiger partial charge in [0.25, 0.3) is 5.56 Å². The zero-order valence-electron chi connectivity index (χ0n) is 27.6. The van der Waals surface area contributed by atoms with Crippen LogP contribution in [0.15, 0.2) is 101 Å². The quantitative estimate of drug-likeness (QED) is 0.175. The number of aldehydes is 1. The molecule has 3 aromatic carbocycles. The van der Waals surface area contributed by atoms with Gasteiger partial charge in [-0.25, -0.2) is 4.85 Å². The maximum atomic E-state index is 13.0. The van der Waals surface area contributed by atoms with Crippen molar-refractivity contribution in [2.75, 3.05) is 0 Å². The van der Waals surface area contributed by atoms with E-state index in [1.165, 1.54) is 15.9 Å². The summed E-state index contributed by atoms with van der Waals surface area (Å²) < 4.78 is 2.24. The number of benzene rings is 3. The topological polar surface area (TPSA) is 141 Å². The van der Waals surface area contributed by atoms with Gasteiger partial charge < -0.3 is 5.73 Å². The summed E-state index contributed by atoms with van der Waals surface area (Å²) in [6, 6.07) is 33.4. The maximum absolute atomic E-state index is 13.0. The molecular weight excluding hydrogens is 617 g/mol. The lowest BCUT2D eigenvalue weighted by atomic mass is 9.88. The monoisotopic (exact) mass is 660 g/mol. The number of carbonyl (C=O) groups is 1. The smallest absolute Gasteiger partial charge is 0.273 e. The number of carbonyl (C=O) groups excluding carboxylic acids is 1. The van der Waals surface area contributed by atoms with Crippen molar-refractivity contribution >= 4 is 35.1 Å². The average molecular weight is 661 g/mol. The molecule has 1 unspecified atom stereocenters. The summed E-state index contributed by atoms with van der Waals surface area (Å²) in [6.07, 6.45) is 2.61. The number of nitrogens with zero attached hydrogens (tertiary/aromatic N) is 5. The highest BCUT2D eigenvalue weighted by atomic mass is 32.1. The highest BCUT2D eigenvalue weighted by Crippen LogP contribution is 2.36. The zero-order valence-corrected chi connectivity index (χ0v) is 28.5. The third-order valence-corrected chi connectivity index (χ3v) is 6.79. The lowest BCUT2D eigenvalue weighted by Gasteiger charge is -2.22. The van der Waals surface area contributed by atoms with E-state index in [2.05, 4.69) is 10.9 Å². The first-order valence-corrected chi connectivity index (χ1v) is 15.9. The SMILES string of the molecule is C.CC.CC.CC.N#CCC#N.O=Cc1ccccc1.[C-]#[N+]C1=C(N)n2c(s/c(=C\c3ccccc3)c2=O)=C(C#N)C1c1ccccc1. The van der Waals surface area contributed by atoms with Gasteiger partial charge in [-0.2, -0.15) is 15.8 Å². The first-order chi connectivity index (χ1) is 23.0. The Morgan fingerprint density at radius 1 is 0.833 bits per heavy atom. The number of fused-ring (bicyclic) bond motifs is 1. The molecule has 1 aliphatic heterocycles. The lowest BCUT2D eigenvalue weighted by molar-refractivity contribution is 0.112. The molecule has 1 atom stereocenters. The Hall–Kier alpha value is -6.00. The van der Waals surface area contributed by atoms with Gasteiger partial charge in [0.15, 0.2) is 0 Å². The van der Waals surface area contributed by atoms with Crippen LogP contribution in [0.2, 0.25) is 0 Å². The van der Waals surface area contributed by atoms with E-state index in [0.29, 0.717) is 14.8 Å². The molecule has 248 valence electrons. The number of nitrogens with two attached hydrogens (primary N) is 1. The van der Waals surface area contributed by atoms with Crippen molar-refractivity contribution < 1.29 is 4.79 Å². The molecule has 2 heterocycles. The number of allylic oxidation sites excluding steroid dienone is 1. The molecule has 0 saturated heterocycles. The van der Waals surface area contributed by atoms with Gasteiger partial charge in [-0.15, -0.1) is 11.3 Å². The van der Waals surface area contributed by atoms with Crippen molar-refractivity contribution in [3.05, 3.63) is 144 Å². The van der Waals surface area contributed by atoms with Gasteiger partial charge >= 0.3 is 0 Å². The second-order valence-electron chi connectivity index (χ2n) is 8.24. The molecule has 8 nitrogen and oxygen atoms in total. The highest BCUT2D eigenvalue weighted by molar-refractivity contribution is 7.07. The predicted molar refractivity (Wildman–Crippen MR) is 198 cm³/mol. The van der Waals surface area contributed by atoms with Crippen molar-refractivity contribution in [3.8, 4) is 18.2 Å². The predicted octanol–water partition coefficient (Wildman–Crippen LogP) is 7.85. The summed E-state index contributed by atoms with van der Waals surface area (Å²) in [5.41, 5.74) is 8.90. The Morgan fingerprint density at radius 3 is 1.67 bits per heavy atom. The summed E-state index contributed by atoms with van der Waals surface area (Å²) in [5.74, 6) is -0.488. The van der Waals surface area contributed by atoms with Crippen LogP contribution >= 0.6 is 11.3 Å². The molecular formula is C39H44N6O2S.